The second-order valence-corrected chi connectivity index (χ2v) is 6.72. The van der Waals surface area contributed by atoms with Crippen molar-refractivity contribution in [3.8, 4) is 0 Å². The summed E-state index contributed by atoms with van der Waals surface area (Å²) in [7, 11) is 0. The number of ether oxygens (including phenoxy) is 2. The van der Waals surface area contributed by atoms with E-state index >= 15 is 0 Å². The van der Waals surface area contributed by atoms with Gasteiger partial charge in [0.25, 0.3) is 0 Å². The molecular weight excluding hydrogens is 256 g/mol. The molecule has 0 heterocycles. The fraction of sp³-hybridized carbons (Fsp3) is 0.933. The lowest BCUT2D eigenvalue weighted by Crippen LogP contribution is -2.76. The minimum Gasteiger partial charge on any atom is -0.378 e. The number of hydrogen-bond donors (Lipinski definition) is 2. The SMILES string of the molecule is CCOC1CC(N)(C(=O)NCC(C)(C)OCC)C1(C)C. The molecule has 0 radical (unpaired) electrons. The zero-order chi connectivity index (χ0) is 15.6. The molecule has 1 fully saturated rings. The van der Waals surface area contributed by atoms with E-state index in [1.807, 2.05) is 41.5 Å². The van der Waals surface area contributed by atoms with Gasteiger partial charge in [-0.3, -0.25) is 4.79 Å². The highest BCUT2D eigenvalue weighted by molar-refractivity contribution is 5.88. The number of carbonyl (C=O) groups is 1. The highest BCUT2D eigenvalue weighted by Crippen LogP contribution is 2.49. The summed E-state index contributed by atoms with van der Waals surface area (Å²) in [6.45, 7) is 13.5. The molecule has 1 saturated carbocycles. The van der Waals surface area contributed by atoms with E-state index in [4.69, 9.17) is 15.2 Å². The predicted octanol–water partition coefficient (Wildman–Crippen LogP) is 1.45. The fourth-order valence-corrected chi connectivity index (χ4v) is 2.71. The molecule has 1 amide bonds. The molecule has 3 N–H and O–H groups in total. The second-order valence-electron chi connectivity index (χ2n) is 6.72. The Morgan fingerprint density at radius 3 is 2.40 bits per heavy atom. The molecule has 0 aliphatic heterocycles. The average molecular weight is 286 g/mol. The van der Waals surface area contributed by atoms with E-state index in [-0.39, 0.29) is 23.0 Å². The molecule has 5 nitrogen and oxygen atoms in total. The Morgan fingerprint density at radius 2 is 1.95 bits per heavy atom. The van der Waals surface area contributed by atoms with Crippen molar-refractivity contribution in [2.24, 2.45) is 11.1 Å². The summed E-state index contributed by atoms with van der Waals surface area (Å²) in [6, 6.07) is 0. The first kappa shape index (κ1) is 17.4. The Kier molecular flexibility index (Phi) is 5.22. The van der Waals surface area contributed by atoms with Gasteiger partial charge in [0, 0.05) is 31.6 Å². The number of rotatable bonds is 7. The fourth-order valence-electron chi connectivity index (χ4n) is 2.71. The van der Waals surface area contributed by atoms with Crippen LogP contribution in [-0.4, -0.2) is 42.9 Å². The summed E-state index contributed by atoms with van der Waals surface area (Å²) >= 11 is 0. The van der Waals surface area contributed by atoms with Crippen molar-refractivity contribution in [3.05, 3.63) is 0 Å². The quantitative estimate of drug-likeness (QED) is 0.743. The summed E-state index contributed by atoms with van der Waals surface area (Å²) < 4.78 is 11.2. The molecule has 0 aromatic carbocycles. The van der Waals surface area contributed by atoms with Gasteiger partial charge in [0.2, 0.25) is 5.91 Å². The van der Waals surface area contributed by atoms with Gasteiger partial charge < -0.3 is 20.5 Å². The second kappa shape index (κ2) is 6.00. The molecule has 0 aromatic rings. The van der Waals surface area contributed by atoms with Gasteiger partial charge in [-0.2, -0.15) is 0 Å². The summed E-state index contributed by atoms with van der Waals surface area (Å²) in [4.78, 5) is 12.4. The number of nitrogens with one attached hydrogen (secondary N) is 1. The maximum atomic E-state index is 12.4. The highest BCUT2D eigenvalue weighted by Gasteiger charge is 2.62. The normalized spacial score (nSPS) is 28.9. The molecule has 0 aromatic heterocycles. The Bertz CT molecular complexity index is 355. The van der Waals surface area contributed by atoms with Gasteiger partial charge in [-0.15, -0.1) is 0 Å². The van der Waals surface area contributed by atoms with Gasteiger partial charge in [0.1, 0.15) is 5.54 Å². The van der Waals surface area contributed by atoms with Crippen LogP contribution in [0.4, 0.5) is 0 Å². The summed E-state index contributed by atoms with van der Waals surface area (Å²) in [5.41, 5.74) is 4.71. The minimum atomic E-state index is -0.866. The van der Waals surface area contributed by atoms with Crippen molar-refractivity contribution >= 4 is 5.91 Å². The third-order valence-corrected chi connectivity index (χ3v) is 4.44. The van der Waals surface area contributed by atoms with Crippen LogP contribution in [0.3, 0.4) is 0 Å². The Labute approximate surface area is 122 Å². The standard InChI is InChI=1S/C15H30N2O3/c1-7-19-11-9-15(16,14(11,5)6)12(18)17-10-13(3,4)20-8-2/h11H,7-10,16H2,1-6H3,(H,17,18). The smallest absolute Gasteiger partial charge is 0.240 e. The molecule has 20 heavy (non-hydrogen) atoms. The van der Waals surface area contributed by atoms with Gasteiger partial charge in [0.05, 0.1) is 11.7 Å². The monoisotopic (exact) mass is 286 g/mol. The third-order valence-electron chi connectivity index (χ3n) is 4.44. The van der Waals surface area contributed by atoms with Crippen LogP contribution in [0, 0.1) is 5.41 Å². The van der Waals surface area contributed by atoms with E-state index in [0.717, 1.165) is 0 Å². The van der Waals surface area contributed by atoms with Crippen LogP contribution in [0.5, 0.6) is 0 Å². The first-order valence-electron chi connectivity index (χ1n) is 7.43. The molecule has 0 saturated heterocycles. The topological polar surface area (TPSA) is 73.6 Å². The van der Waals surface area contributed by atoms with Crippen LogP contribution < -0.4 is 11.1 Å². The summed E-state index contributed by atoms with van der Waals surface area (Å²) in [6.07, 6.45) is 0.609. The molecular formula is C15H30N2O3. The van der Waals surface area contributed by atoms with E-state index < -0.39 is 5.54 Å². The minimum absolute atomic E-state index is 0.0446. The molecule has 1 rings (SSSR count). The third kappa shape index (κ3) is 3.15. The summed E-state index contributed by atoms with van der Waals surface area (Å²) in [5.74, 6) is -0.119. The van der Waals surface area contributed by atoms with E-state index in [1.165, 1.54) is 0 Å². The first-order chi connectivity index (χ1) is 9.10. The van der Waals surface area contributed by atoms with Crippen LogP contribution in [-0.2, 0) is 14.3 Å². The lowest BCUT2D eigenvalue weighted by molar-refractivity contribution is -0.171. The van der Waals surface area contributed by atoms with E-state index in [0.29, 0.717) is 26.2 Å². The maximum Gasteiger partial charge on any atom is 0.240 e. The van der Waals surface area contributed by atoms with Crippen LogP contribution >= 0.6 is 0 Å². The molecule has 118 valence electrons. The largest absolute Gasteiger partial charge is 0.378 e. The van der Waals surface area contributed by atoms with Crippen molar-refractivity contribution in [3.63, 3.8) is 0 Å². The number of amides is 1. The van der Waals surface area contributed by atoms with Crippen LogP contribution in [0.25, 0.3) is 0 Å². The van der Waals surface area contributed by atoms with Gasteiger partial charge in [-0.05, 0) is 27.7 Å². The van der Waals surface area contributed by atoms with Gasteiger partial charge >= 0.3 is 0 Å². The molecule has 0 bridgehead atoms. The van der Waals surface area contributed by atoms with Crippen LogP contribution in [0.2, 0.25) is 0 Å². The van der Waals surface area contributed by atoms with Crippen LogP contribution in [0.15, 0.2) is 0 Å². The van der Waals surface area contributed by atoms with Gasteiger partial charge in [0.15, 0.2) is 0 Å². The lowest BCUT2D eigenvalue weighted by Gasteiger charge is -2.57. The zero-order valence-electron chi connectivity index (χ0n) is 13.7. The van der Waals surface area contributed by atoms with Gasteiger partial charge in [-0.25, -0.2) is 0 Å². The Morgan fingerprint density at radius 1 is 1.35 bits per heavy atom. The molecule has 2 atom stereocenters. The molecule has 5 heteroatoms. The van der Waals surface area contributed by atoms with Gasteiger partial charge in [-0.1, -0.05) is 13.8 Å². The maximum absolute atomic E-state index is 12.4. The van der Waals surface area contributed by atoms with Crippen molar-refractivity contribution in [2.75, 3.05) is 19.8 Å². The predicted molar refractivity (Wildman–Crippen MR) is 79.4 cm³/mol. The highest BCUT2D eigenvalue weighted by atomic mass is 16.5. The first-order valence-corrected chi connectivity index (χ1v) is 7.43. The van der Waals surface area contributed by atoms with Crippen molar-refractivity contribution < 1.29 is 14.3 Å². The molecule has 1 aliphatic carbocycles. The Hall–Kier alpha value is -0.650. The number of hydrogen-bond acceptors (Lipinski definition) is 4. The Balaban J connectivity index is 2.60. The van der Waals surface area contributed by atoms with Crippen molar-refractivity contribution in [1.82, 2.24) is 5.32 Å². The average Bonchev–Trinajstić information content (AvgIpc) is 2.35. The molecule has 0 spiro atoms. The van der Waals surface area contributed by atoms with Crippen LogP contribution in [0.1, 0.15) is 48.0 Å². The van der Waals surface area contributed by atoms with E-state index in [9.17, 15) is 4.79 Å². The number of nitrogens with two attached hydrogens (primary N) is 1. The summed E-state index contributed by atoms with van der Waals surface area (Å²) in [5, 5.41) is 2.92. The lowest BCUT2D eigenvalue weighted by atomic mass is 9.54. The zero-order valence-corrected chi connectivity index (χ0v) is 13.7. The van der Waals surface area contributed by atoms with Crippen molar-refractivity contribution in [1.29, 1.82) is 0 Å². The number of carbonyl (C=O) groups excluding carboxylic acids is 1. The molecule has 2 unspecified atom stereocenters. The van der Waals surface area contributed by atoms with Crippen molar-refractivity contribution in [2.45, 2.75) is 65.2 Å². The molecule has 1 aliphatic rings. The van der Waals surface area contributed by atoms with E-state index in [1.54, 1.807) is 0 Å². The van der Waals surface area contributed by atoms with E-state index in [2.05, 4.69) is 5.32 Å².